The van der Waals surface area contributed by atoms with Gasteiger partial charge in [-0.3, -0.25) is 24.1 Å². The molecule has 1 unspecified atom stereocenters. The molecule has 0 aliphatic carbocycles. The lowest BCUT2D eigenvalue weighted by Crippen LogP contribution is -2.50. The molecule has 1 aliphatic rings. The molecule has 7 N–H and O–H groups in total. The highest BCUT2D eigenvalue weighted by molar-refractivity contribution is 6.13. The Morgan fingerprint density at radius 1 is 1.00 bits per heavy atom. The molecule has 0 aromatic heterocycles. The van der Waals surface area contributed by atoms with E-state index in [1.54, 1.807) is 0 Å². The molecule has 0 radical (unpaired) electrons. The molecular formula is C19H29N3O11. The Labute approximate surface area is 188 Å². The van der Waals surface area contributed by atoms with Crippen LogP contribution in [0.15, 0.2) is 12.2 Å². The lowest BCUT2D eigenvalue weighted by atomic mass is 10.0. The third-order valence-corrected chi connectivity index (χ3v) is 4.96. The number of aliphatic hydroxyl groups is 5. The molecule has 186 valence electrons. The summed E-state index contributed by atoms with van der Waals surface area (Å²) in [7, 11) is 1.25. The minimum absolute atomic E-state index is 0.235. The van der Waals surface area contributed by atoms with Crippen molar-refractivity contribution in [2.24, 2.45) is 0 Å². The zero-order valence-electron chi connectivity index (χ0n) is 17.9. The van der Waals surface area contributed by atoms with Gasteiger partial charge in [0.25, 0.3) is 11.8 Å². The molecule has 1 heterocycles. The molecule has 14 nitrogen and oxygen atoms in total. The number of aliphatic hydroxyl groups excluding tert-OH is 5. The number of likely N-dealkylation sites (N-methyl/N-ethyl adjacent to an activating group) is 1. The van der Waals surface area contributed by atoms with Crippen LogP contribution in [0.2, 0.25) is 0 Å². The van der Waals surface area contributed by atoms with E-state index in [0.29, 0.717) is 0 Å². The number of carboxylic acids is 1. The number of imide groups is 1. The Morgan fingerprint density at radius 2 is 1.55 bits per heavy atom. The van der Waals surface area contributed by atoms with E-state index in [2.05, 4.69) is 5.32 Å². The molecule has 0 bridgehead atoms. The average molecular weight is 475 g/mol. The molecule has 0 spiro atoms. The summed E-state index contributed by atoms with van der Waals surface area (Å²) in [5, 5.41) is 58.9. The van der Waals surface area contributed by atoms with E-state index in [0.717, 1.165) is 22.0 Å². The Kier molecular flexibility index (Phi) is 11.0. The van der Waals surface area contributed by atoms with Crippen molar-refractivity contribution in [3.63, 3.8) is 0 Å². The average Bonchev–Trinajstić information content (AvgIpc) is 3.09. The number of aliphatic carboxylic acids is 1. The maximum atomic E-state index is 12.2. The first-order valence-electron chi connectivity index (χ1n) is 10.0. The van der Waals surface area contributed by atoms with Crippen molar-refractivity contribution in [3.05, 3.63) is 12.2 Å². The van der Waals surface area contributed by atoms with Crippen LogP contribution in [-0.4, -0.2) is 127 Å². The van der Waals surface area contributed by atoms with E-state index in [4.69, 9.17) is 5.11 Å². The number of hydrogen-bond donors (Lipinski definition) is 7. The van der Waals surface area contributed by atoms with E-state index in [-0.39, 0.29) is 25.8 Å². The van der Waals surface area contributed by atoms with Crippen molar-refractivity contribution in [1.29, 1.82) is 0 Å². The van der Waals surface area contributed by atoms with Gasteiger partial charge in [-0.15, -0.1) is 0 Å². The lowest BCUT2D eigenvalue weighted by molar-refractivity contribution is -0.144. The second-order valence-corrected chi connectivity index (χ2v) is 7.48. The Bertz CT molecular complexity index is 754. The maximum Gasteiger partial charge on any atom is 0.326 e. The van der Waals surface area contributed by atoms with Crippen molar-refractivity contribution < 1.29 is 54.6 Å². The molecule has 5 atom stereocenters. The van der Waals surface area contributed by atoms with Gasteiger partial charge in [0, 0.05) is 45.1 Å². The van der Waals surface area contributed by atoms with Gasteiger partial charge in [0.2, 0.25) is 11.8 Å². The van der Waals surface area contributed by atoms with Crippen LogP contribution in [0.5, 0.6) is 0 Å². The van der Waals surface area contributed by atoms with Gasteiger partial charge in [0.05, 0.1) is 6.61 Å². The van der Waals surface area contributed by atoms with Crippen molar-refractivity contribution in [2.45, 2.75) is 49.7 Å². The summed E-state index contributed by atoms with van der Waals surface area (Å²) in [5.74, 6) is -3.96. The fourth-order valence-corrected chi connectivity index (χ4v) is 2.90. The fraction of sp³-hybridized carbons (Fsp3) is 0.632. The smallest absolute Gasteiger partial charge is 0.326 e. The third kappa shape index (κ3) is 8.51. The molecule has 0 saturated carbocycles. The quantitative estimate of drug-likeness (QED) is 0.119. The second-order valence-electron chi connectivity index (χ2n) is 7.48. The molecule has 0 saturated heterocycles. The van der Waals surface area contributed by atoms with Crippen LogP contribution >= 0.6 is 0 Å². The summed E-state index contributed by atoms with van der Waals surface area (Å²) >= 11 is 0. The summed E-state index contributed by atoms with van der Waals surface area (Å²) in [4.78, 5) is 60.3. The van der Waals surface area contributed by atoms with Crippen LogP contribution in [0.3, 0.4) is 0 Å². The first-order chi connectivity index (χ1) is 15.4. The molecule has 33 heavy (non-hydrogen) atoms. The Morgan fingerprint density at radius 3 is 2.06 bits per heavy atom. The summed E-state index contributed by atoms with van der Waals surface area (Å²) in [5.41, 5.74) is 0. The highest BCUT2D eigenvalue weighted by Gasteiger charge is 2.31. The fourth-order valence-electron chi connectivity index (χ4n) is 2.90. The summed E-state index contributed by atoms with van der Waals surface area (Å²) < 4.78 is 0. The minimum atomic E-state index is -1.86. The predicted octanol–water partition coefficient (Wildman–Crippen LogP) is -4.45. The molecule has 0 aromatic rings. The number of hydrogen-bond acceptors (Lipinski definition) is 10. The Hall–Kier alpha value is -2.91. The molecule has 0 aromatic carbocycles. The number of rotatable bonds is 14. The minimum Gasteiger partial charge on any atom is -0.480 e. The van der Waals surface area contributed by atoms with Gasteiger partial charge in [-0.25, -0.2) is 4.79 Å². The van der Waals surface area contributed by atoms with Crippen molar-refractivity contribution in [2.75, 3.05) is 26.7 Å². The van der Waals surface area contributed by atoms with E-state index >= 15 is 0 Å². The van der Waals surface area contributed by atoms with Crippen molar-refractivity contribution >= 4 is 29.6 Å². The van der Waals surface area contributed by atoms with Crippen LogP contribution in [-0.2, 0) is 24.0 Å². The number of amides is 4. The number of carboxylic acid groups (broad SMARTS) is 1. The SMILES string of the molecule is CN(C[C@H](O)[C@@H](O)C(O)[C@H](O)CO)C(=O)CC[C@H](NC(=O)CCN1C(=O)C=CC1=O)C(=O)O. The molecule has 1 aliphatic heterocycles. The third-order valence-electron chi connectivity index (χ3n) is 4.96. The van der Waals surface area contributed by atoms with Gasteiger partial charge < -0.3 is 40.9 Å². The van der Waals surface area contributed by atoms with Gasteiger partial charge in [-0.1, -0.05) is 0 Å². The molecule has 4 amide bonds. The standard InChI is InChI=1S/C19H29N3O11/c1-21(8-11(24)17(30)18(31)12(25)9-23)14(27)3-2-10(19(32)33)20-13(26)6-7-22-15(28)4-5-16(22)29/h4-5,10-12,17-18,23-25,30-31H,2-3,6-9H2,1H3,(H,20,26)(H,32,33)/t10-,11-,12+,17+,18?/m0/s1. The predicted molar refractivity (Wildman–Crippen MR) is 108 cm³/mol. The van der Waals surface area contributed by atoms with Gasteiger partial charge in [-0.2, -0.15) is 0 Å². The van der Waals surface area contributed by atoms with E-state index < -0.39 is 73.2 Å². The molecule has 0 fully saturated rings. The van der Waals surface area contributed by atoms with Crippen LogP contribution in [0, 0.1) is 0 Å². The zero-order valence-corrected chi connectivity index (χ0v) is 17.9. The Balaban J connectivity index is 2.51. The first kappa shape index (κ1) is 28.1. The van der Waals surface area contributed by atoms with E-state index in [9.17, 15) is 49.5 Å². The maximum absolute atomic E-state index is 12.2. The lowest BCUT2D eigenvalue weighted by Gasteiger charge is -2.28. The molecule has 14 heteroatoms. The van der Waals surface area contributed by atoms with Gasteiger partial charge in [-0.05, 0) is 6.42 Å². The largest absolute Gasteiger partial charge is 0.480 e. The molecular weight excluding hydrogens is 446 g/mol. The highest BCUT2D eigenvalue weighted by Crippen LogP contribution is 2.09. The topological polar surface area (TPSA) is 225 Å². The van der Waals surface area contributed by atoms with Crippen molar-refractivity contribution in [3.8, 4) is 0 Å². The summed E-state index contributed by atoms with van der Waals surface area (Å²) in [6.45, 7) is -1.56. The first-order valence-corrected chi connectivity index (χ1v) is 10.0. The van der Waals surface area contributed by atoms with Gasteiger partial charge in [0.15, 0.2) is 0 Å². The second kappa shape index (κ2) is 13.0. The normalized spacial score (nSPS) is 17.9. The monoisotopic (exact) mass is 475 g/mol. The number of nitrogens with one attached hydrogen (secondary N) is 1. The number of nitrogens with zero attached hydrogens (tertiary/aromatic N) is 2. The van der Waals surface area contributed by atoms with Gasteiger partial charge in [0.1, 0.15) is 30.5 Å². The highest BCUT2D eigenvalue weighted by atomic mass is 16.4. The van der Waals surface area contributed by atoms with E-state index in [1.165, 1.54) is 7.05 Å². The van der Waals surface area contributed by atoms with Crippen LogP contribution < -0.4 is 5.32 Å². The van der Waals surface area contributed by atoms with Crippen molar-refractivity contribution in [1.82, 2.24) is 15.1 Å². The summed E-state index contributed by atoms with van der Waals surface area (Å²) in [6, 6.07) is -1.44. The molecule has 1 rings (SSSR count). The zero-order chi connectivity index (χ0) is 25.3. The van der Waals surface area contributed by atoms with E-state index in [1.807, 2.05) is 0 Å². The van der Waals surface area contributed by atoms with Crippen LogP contribution in [0.25, 0.3) is 0 Å². The van der Waals surface area contributed by atoms with Crippen LogP contribution in [0.4, 0.5) is 0 Å². The number of carbonyl (C=O) groups is 5. The van der Waals surface area contributed by atoms with Crippen LogP contribution in [0.1, 0.15) is 19.3 Å². The number of carbonyl (C=O) groups excluding carboxylic acids is 4. The van der Waals surface area contributed by atoms with Gasteiger partial charge >= 0.3 is 5.97 Å². The summed E-state index contributed by atoms with van der Waals surface area (Å²) in [6.07, 6.45) is -5.99.